The lowest BCUT2D eigenvalue weighted by Gasteiger charge is -2.32. The van der Waals surface area contributed by atoms with Crippen molar-refractivity contribution in [2.24, 2.45) is 0 Å². The molecule has 0 atom stereocenters. The minimum atomic E-state index is -0.449. The molecular formula is C14H25BO4. The Morgan fingerprint density at radius 3 is 2.05 bits per heavy atom. The molecule has 0 amide bonds. The fourth-order valence-electron chi connectivity index (χ4n) is 1.63. The maximum atomic E-state index is 11.5. The first-order chi connectivity index (χ1) is 8.43. The smallest absolute Gasteiger partial charge is 0.460 e. The van der Waals surface area contributed by atoms with E-state index in [0.717, 1.165) is 0 Å². The number of rotatable bonds is 3. The maximum absolute atomic E-state index is 11.5. The van der Waals surface area contributed by atoms with Gasteiger partial charge in [-0.1, -0.05) is 12.1 Å². The van der Waals surface area contributed by atoms with E-state index in [0.29, 0.717) is 0 Å². The van der Waals surface area contributed by atoms with Crippen LogP contribution in [0.2, 0.25) is 0 Å². The molecule has 0 unspecified atom stereocenters. The van der Waals surface area contributed by atoms with Crippen molar-refractivity contribution in [2.45, 2.75) is 71.7 Å². The van der Waals surface area contributed by atoms with Gasteiger partial charge < -0.3 is 14.0 Å². The van der Waals surface area contributed by atoms with Gasteiger partial charge in [-0.05, 0) is 48.5 Å². The van der Waals surface area contributed by atoms with Crippen LogP contribution in [0.5, 0.6) is 0 Å². The second-order valence-corrected chi connectivity index (χ2v) is 6.84. The van der Waals surface area contributed by atoms with E-state index in [-0.39, 0.29) is 23.6 Å². The van der Waals surface area contributed by atoms with Gasteiger partial charge in [0.1, 0.15) is 5.60 Å². The summed E-state index contributed by atoms with van der Waals surface area (Å²) in [6.07, 6.45) is 1.96. The van der Waals surface area contributed by atoms with Crippen LogP contribution in [-0.2, 0) is 18.8 Å². The van der Waals surface area contributed by atoms with Crippen molar-refractivity contribution >= 4 is 13.1 Å². The topological polar surface area (TPSA) is 44.8 Å². The summed E-state index contributed by atoms with van der Waals surface area (Å²) in [5.74, 6) is 1.51. The summed E-state index contributed by atoms with van der Waals surface area (Å²) < 4.78 is 16.8. The van der Waals surface area contributed by atoms with Crippen LogP contribution in [-0.4, -0.2) is 29.9 Å². The normalized spacial score (nSPS) is 21.9. The van der Waals surface area contributed by atoms with E-state index >= 15 is 0 Å². The number of hydrogen-bond acceptors (Lipinski definition) is 4. The highest BCUT2D eigenvalue weighted by atomic mass is 16.7. The van der Waals surface area contributed by atoms with Crippen molar-refractivity contribution in [1.82, 2.24) is 0 Å². The lowest BCUT2D eigenvalue weighted by atomic mass is 9.90. The van der Waals surface area contributed by atoms with Crippen molar-refractivity contribution in [3.63, 3.8) is 0 Å². The third kappa shape index (κ3) is 4.66. The first-order valence-corrected chi connectivity index (χ1v) is 6.67. The monoisotopic (exact) mass is 268 g/mol. The predicted octanol–water partition coefficient (Wildman–Crippen LogP) is 2.91. The lowest BCUT2D eigenvalue weighted by Crippen LogP contribution is -2.41. The van der Waals surface area contributed by atoms with Crippen LogP contribution in [0.15, 0.2) is 12.1 Å². The average molecular weight is 268 g/mol. The van der Waals surface area contributed by atoms with E-state index < -0.39 is 12.7 Å². The first-order valence-electron chi connectivity index (χ1n) is 6.67. The standard InChI is InChI=1S/C14H25BO4/c1-12(2,3)17-11(16)9-8-10-15-18-13(4,5)14(6,7)19-15/h8,10H,9H2,1-7H3/b10-8+. The minimum absolute atomic E-state index is 0.224. The molecule has 5 heteroatoms. The molecule has 108 valence electrons. The van der Waals surface area contributed by atoms with Crippen LogP contribution in [0, 0.1) is 0 Å². The zero-order valence-electron chi connectivity index (χ0n) is 13.1. The van der Waals surface area contributed by atoms with Crippen LogP contribution < -0.4 is 0 Å². The molecule has 1 aliphatic heterocycles. The highest BCUT2D eigenvalue weighted by molar-refractivity contribution is 6.51. The molecule has 0 saturated carbocycles. The average Bonchev–Trinajstić information content (AvgIpc) is 2.31. The molecule has 1 saturated heterocycles. The van der Waals surface area contributed by atoms with Crippen molar-refractivity contribution in [1.29, 1.82) is 0 Å². The van der Waals surface area contributed by atoms with Gasteiger partial charge in [-0.25, -0.2) is 0 Å². The van der Waals surface area contributed by atoms with E-state index in [4.69, 9.17) is 14.0 Å². The largest absolute Gasteiger partial charge is 0.486 e. The Kier molecular flexibility index (Phi) is 4.53. The summed E-state index contributed by atoms with van der Waals surface area (Å²) in [4.78, 5) is 11.5. The van der Waals surface area contributed by atoms with Crippen LogP contribution in [0.4, 0.5) is 0 Å². The van der Waals surface area contributed by atoms with Crippen molar-refractivity contribution in [3.8, 4) is 0 Å². The van der Waals surface area contributed by atoms with Gasteiger partial charge in [0.05, 0.1) is 17.6 Å². The molecule has 19 heavy (non-hydrogen) atoms. The number of hydrogen-bond donors (Lipinski definition) is 0. The highest BCUT2D eigenvalue weighted by Gasteiger charge is 2.49. The van der Waals surface area contributed by atoms with Gasteiger partial charge in [0.25, 0.3) is 0 Å². The van der Waals surface area contributed by atoms with Crippen molar-refractivity contribution in [3.05, 3.63) is 12.1 Å². The quantitative estimate of drug-likeness (QED) is 0.583. The lowest BCUT2D eigenvalue weighted by molar-refractivity contribution is -0.153. The van der Waals surface area contributed by atoms with Gasteiger partial charge in [0, 0.05) is 0 Å². The molecule has 1 fully saturated rings. The van der Waals surface area contributed by atoms with E-state index in [1.807, 2.05) is 48.5 Å². The fourth-order valence-corrected chi connectivity index (χ4v) is 1.63. The Bertz CT molecular complexity index is 350. The van der Waals surface area contributed by atoms with Gasteiger partial charge in [0.2, 0.25) is 0 Å². The fraction of sp³-hybridized carbons (Fsp3) is 0.786. The molecule has 0 aromatic rings. The number of carbonyl (C=O) groups is 1. The SMILES string of the molecule is CC(C)(C)OC(=O)C/C=C/B1OC(C)(C)C(C)(C)O1. The molecule has 0 N–H and O–H groups in total. The third-order valence-electron chi connectivity index (χ3n) is 3.27. The Labute approximate surface area is 116 Å². The van der Waals surface area contributed by atoms with Gasteiger partial charge in [0.15, 0.2) is 0 Å². The van der Waals surface area contributed by atoms with Crippen molar-refractivity contribution < 1.29 is 18.8 Å². The summed E-state index contributed by atoms with van der Waals surface area (Å²) >= 11 is 0. The Balaban J connectivity index is 2.46. The van der Waals surface area contributed by atoms with E-state index in [2.05, 4.69) is 0 Å². The molecule has 0 bridgehead atoms. The van der Waals surface area contributed by atoms with E-state index in [1.165, 1.54) is 0 Å². The minimum Gasteiger partial charge on any atom is -0.460 e. The molecule has 0 aliphatic carbocycles. The molecule has 1 rings (SSSR count). The number of ether oxygens (including phenoxy) is 1. The molecule has 4 nitrogen and oxygen atoms in total. The van der Waals surface area contributed by atoms with Crippen LogP contribution in [0.3, 0.4) is 0 Å². The number of carbonyl (C=O) groups excluding carboxylic acids is 1. The zero-order valence-corrected chi connectivity index (χ0v) is 13.1. The molecule has 0 aromatic carbocycles. The molecule has 0 aromatic heterocycles. The van der Waals surface area contributed by atoms with Gasteiger partial charge in [-0.15, -0.1) is 0 Å². The Morgan fingerprint density at radius 2 is 1.63 bits per heavy atom. The van der Waals surface area contributed by atoms with Crippen LogP contribution in [0.25, 0.3) is 0 Å². The molecule has 0 spiro atoms. The van der Waals surface area contributed by atoms with Crippen LogP contribution in [0.1, 0.15) is 54.9 Å². The third-order valence-corrected chi connectivity index (χ3v) is 3.27. The second kappa shape index (κ2) is 5.29. The van der Waals surface area contributed by atoms with Gasteiger partial charge >= 0.3 is 13.1 Å². The Hall–Kier alpha value is -0.805. The Morgan fingerprint density at radius 1 is 1.16 bits per heavy atom. The first kappa shape index (κ1) is 16.2. The second-order valence-electron chi connectivity index (χ2n) is 6.84. The summed E-state index contributed by atoms with van der Waals surface area (Å²) in [5, 5.41) is 0. The van der Waals surface area contributed by atoms with Crippen molar-refractivity contribution in [2.75, 3.05) is 0 Å². The number of esters is 1. The van der Waals surface area contributed by atoms with Gasteiger partial charge in [-0.3, -0.25) is 4.79 Å². The van der Waals surface area contributed by atoms with E-state index in [9.17, 15) is 4.79 Å². The molecule has 1 heterocycles. The van der Waals surface area contributed by atoms with E-state index in [1.54, 1.807) is 12.1 Å². The molecular weight excluding hydrogens is 243 g/mol. The summed E-state index contributed by atoms with van der Waals surface area (Å²) in [7, 11) is -0.410. The van der Waals surface area contributed by atoms with Crippen LogP contribution >= 0.6 is 0 Å². The summed E-state index contributed by atoms with van der Waals surface area (Å²) in [6, 6.07) is 0. The zero-order chi connectivity index (χ0) is 14.9. The summed E-state index contributed by atoms with van der Waals surface area (Å²) in [5.41, 5.74) is -1.16. The summed E-state index contributed by atoms with van der Waals surface area (Å²) in [6.45, 7) is 13.5. The predicted molar refractivity (Wildman–Crippen MR) is 75.7 cm³/mol. The maximum Gasteiger partial charge on any atom is 0.486 e. The van der Waals surface area contributed by atoms with Gasteiger partial charge in [-0.2, -0.15) is 0 Å². The highest BCUT2D eigenvalue weighted by Crippen LogP contribution is 2.36. The molecule has 0 radical (unpaired) electrons. The molecule has 1 aliphatic rings.